The van der Waals surface area contributed by atoms with E-state index in [2.05, 4.69) is 15.7 Å². The highest BCUT2D eigenvalue weighted by Gasteiger charge is 2.53. The van der Waals surface area contributed by atoms with Crippen molar-refractivity contribution >= 4 is 28.9 Å². The molecule has 1 fully saturated rings. The number of piperidine rings is 1. The van der Waals surface area contributed by atoms with Crippen LogP contribution in [0.4, 0.5) is 15.8 Å². The molecule has 2 aliphatic rings. The molecule has 34 heavy (non-hydrogen) atoms. The summed E-state index contributed by atoms with van der Waals surface area (Å²) in [5.41, 5.74) is 2.05. The summed E-state index contributed by atoms with van der Waals surface area (Å²) in [6.45, 7) is 1.39. The first-order valence-corrected chi connectivity index (χ1v) is 11.4. The van der Waals surface area contributed by atoms with Gasteiger partial charge in [-0.25, -0.2) is 4.39 Å². The number of nitrogens with zero attached hydrogens (tertiary/aromatic N) is 2. The second-order valence-electron chi connectivity index (χ2n) is 8.63. The van der Waals surface area contributed by atoms with E-state index in [1.165, 1.54) is 17.1 Å². The van der Waals surface area contributed by atoms with Crippen molar-refractivity contribution in [1.82, 2.24) is 5.32 Å². The zero-order valence-electron chi connectivity index (χ0n) is 18.6. The molecule has 2 aromatic carbocycles. The summed E-state index contributed by atoms with van der Waals surface area (Å²) in [6, 6.07) is 16.8. The number of hydrazone groups is 1. The fraction of sp³-hybridized carbons (Fsp3) is 0.269. The highest BCUT2D eigenvalue weighted by atomic mass is 19.1. The first-order valence-electron chi connectivity index (χ1n) is 11.4. The molecular formula is C26H25FN4O3. The molecule has 8 heteroatoms. The Balaban J connectivity index is 1.28. The number of nitrogens with one attached hydrogen (secondary N) is 2. The van der Waals surface area contributed by atoms with Gasteiger partial charge in [-0.1, -0.05) is 12.1 Å². The van der Waals surface area contributed by atoms with Crippen LogP contribution in [0.15, 0.2) is 76.4 Å². The minimum Gasteiger partial charge on any atom is -0.463 e. The molecule has 2 aliphatic heterocycles. The quantitative estimate of drug-likeness (QED) is 0.580. The molecule has 5 rings (SSSR count). The fourth-order valence-corrected chi connectivity index (χ4v) is 4.53. The van der Waals surface area contributed by atoms with Crippen molar-refractivity contribution in [3.8, 4) is 0 Å². The molecular weight excluding hydrogens is 435 g/mol. The van der Waals surface area contributed by atoms with Gasteiger partial charge in [-0.05, 0) is 79.9 Å². The molecule has 2 N–H and O–H groups in total. The molecule has 7 nitrogen and oxygen atoms in total. The molecule has 0 aliphatic carbocycles. The van der Waals surface area contributed by atoms with Crippen LogP contribution in [0.2, 0.25) is 0 Å². The standard InChI is InChI=1S/C26H25FN4O3/c27-19-7-4-18(5-8-19)6-13-23(32)29-20-9-11-21(12-10-20)31-25(33)26(14-2-15-28-17-26)24(30-31)22-3-1-16-34-22/h1,3-5,7-12,16,28H,2,6,13-15,17H2,(H,29,32)/t26-/m0/s1. The van der Waals surface area contributed by atoms with Gasteiger partial charge in [0.2, 0.25) is 5.91 Å². The summed E-state index contributed by atoms with van der Waals surface area (Å²) in [6.07, 6.45) is 3.97. The topological polar surface area (TPSA) is 86.9 Å². The van der Waals surface area contributed by atoms with E-state index in [1.54, 1.807) is 48.7 Å². The van der Waals surface area contributed by atoms with Crippen LogP contribution in [0.25, 0.3) is 0 Å². The van der Waals surface area contributed by atoms with E-state index in [1.807, 2.05) is 6.07 Å². The predicted molar refractivity (Wildman–Crippen MR) is 127 cm³/mol. The van der Waals surface area contributed by atoms with Crippen LogP contribution < -0.4 is 15.6 Å². The number of furan rings is 1. The molecule has 1 aromatic heterocycles. The van der Waals surface area contributed by atoms with E-state index >= 15 is 0 Å². The maximum atomic E-state index is 13.5. The van der Waals surface area contributed by atoms with Crippen LogP contribution in [-0.2, 0) is 16.0 Å². The van der Waals surface area contributed by atoms with Crippen LogP contribution in [-0.4, -0.2) is 30.6 Å². The van der Waals surface area contributed by atoms with Crippen molar-refractivity contribution in [2.45, 2.75) is 25.7 Å². The third-order valence-corrected chi connectivity index (χ3v) is 6.34. The van der Waals surface area contributed by atoms with Crippen molar-refractivity contribution in [3.05, 3.63) is 84.1 Å². The normalized spacial score (nSPS) is 20.0. The molecule has 174 valence electrons. The maximum absolute atomic E-state index is 13.5. The molecule has 3 heterocycles. The van der Waals surface area contributed by atoms with E-state index < -0.39 is 5.41 Å². The number of amides is 2. The van der Waals surface area contributed by atoms with E-state index in [0.717, 1.165) is 18.5 Å². The molecule has 3 aromatic rings. The minimum atomic E-state index is -0.747. The molecule has 1 spiro atoms. The number of rotatable bonds is 6. The number of hydrogen-bond donors (Lipinski definition) is 2. The summed E-state index contributed by atoms with van der Waals surface area (Å²) in [7, 11) is 0. The number of halogens is 1. The third kappa shape index (κ3) is 4.24. The van der Waals surface area contributed by atoms with Gasteiger partial charge in [0.1, 0.15) is 16.9 Å². The van der Waals surface area contributed by atoms with Gasteiger partial charge >= 0.3 is 0 Å². The van der Waals surface area contributed by atoms with Gasteiger partial charge in [-0.2, -0.15) is 10.1 Å². The Morgan fingerprint density at radius 3 is 2.62 bits per heavy atom. The van der Waals surface area contributed by atoms with Gasteiger partial charge in [-0.3, -0.25) is 9.59 Å². The van der Waals surface area contributed by atoms with E-state index in [-0.39, 0.29) is 24.1 Å². The Morgan fingerprint density at radius 2 is 1.94 bits per heavy atom. The Kier molecular flexibility index (Phi) is 5.98. The smallest absolute Gasteiger partial charge is 0.261 e. The zero-order valence-corrected chi connectivity index (χ0v) is 18.6. The average Bonchev–Trinajstić information content (AvgIpc) is 3.48. The van der Waals surface area contributed by atoms with Crippen molar-refractivity contribution in [3.63, 3.8) is 0 Å². The lowest BCUT2D eigenvalue weighted by molar-refractivity contribution is -0.124. The second-order valence-corrected chi connectivity index (χ2v) is 8.63. The Morgan fingerprint density at radius 1 is 1.15 bits per heavy atom. The number of carbonyl (C=O) groups is 2. The van der Waals surface area contributed by atoms with Gasteiger partial charge in [-0.15, -0.1) is 0 Å². The fourth-order valence-electron chi connectivity index (χ4n) is 4.53. The highest BCUT2D eigenvalue weighted by molar-refractivity contribution is 6.24. The largest absolute Gasteiger partial charge is 0.463 e. The SMILES string of the molecule is O=C(CCc1ccc(F)cc1)Nc1ccc(N2N=C(c3ccco3)[C@@]3(CCCNC3)C2=O)cc1. The molecule has 0 bridgehead atoms. The molecule has 0 unspecified atom stereocenters. The number of anilines is 2. The number of carbonyl (C=O) groups excluding carboxylic acids is 2. The lowest BCUT2D eigenvalue weighted by atomic mass is 9.75. The summed E-state index contributed by atoms with van der Waals surface area (Å²) in [5, 5.41) is 12.3. The first kappa shape index (κ1) is 22.0. The Hall–Kier alpha value is -3.78. The number of benzene rings is 2. The van der Waals surface area contributed by atoms with Gasteiger partial charge in [0.15, 0.2) is 5.76 Å². The van der Waals surface area contributed by atoms with Gasteiger partial charge in [0, 0.05) is 18.7 Å². The molecule has 1 saturated heterocycles. The third-order valence-electron chi connectivity index (χ3n) is 6.34. The Labute approximate surface area is 196 Å². The lowest BCUT2D eigenvalue weighted by Gasteiger charge is -2.32. The monoisotopic (exact) mass is 460 g/mol. The zero-order chi connectivity index (χ0) is 23.5. The lowest BCUT2D eigenvalue weighted by Crippen LogP contribution is -2.50. The van der Waals surface area contributed by atoms with Crippen molar-refractivity contribution in [2.24, 2.45) is 10.5 Å². The van der Waals surface area contributed by atoms with Gasteiger partial charge in [0.05, 0.1) is 12.0 Å². The van der Waals surface area contributed by atoms with Crippen molar-refractivity contribution in [1.29, 1.82) is 0 Å². The minimum absolute atomic E-state index is 0.0813. The van der Waals surface area contributed by atoms with Crippen LogP contribution in [0, 0.1) is 11.2 Å². The van der Waals surface area contributed by atoms with Gasteiger partial charge < -0.3 is 15.1 Å². The second kappa shape index (κ2) is 9.23. The van der Waals surface area contributed by atoms with Crippen LogP contribution in [0.3, 0.4) is 0 Å². The van der Waals surface area contributed by atoms with Crippen molar-refractivity contribution in [2.75, 3.05) is 23.4 Å². The molecule has 0 saturated carbocycles. The highest BCUT2D eigenvalue weighted by Crippen LogP contribution is 2.40. The summed E-state index contributed by atoms with van der Waals surface area (Å²) in [4.78, 5) is 25.9. The summed E-state index contributed by atoms with van der Waals surface area (Å²) in [5.74, 6) is 0.0857. The number of hydrogen-bond acceptors (Lipinski definition) is 5. The molecule has 2 amide bonds. The van der Waals surface area contributed by atoms with E-state index in [0.29, 0.717) is 42.2 Å². The van der Waals surface area contributed by atoms with Crippen LogP contribution in [0.5, 0.6) is 0 Å². The van der Waals surface area contributed by atoms with E-state index in [4.69, 9.17) is 4.42 Å². The summed E-state index contributed by atoms with van der Waals surface area (Å²) >= 11 is 0. The van der Waals surface area contributed by atoms with Crippen LogP contribution in [0.1, 0.15) is 30.6 Å². The van der Waals surface area contributed by atoms with Gasteiger partial charge in [0.25, 0.3) is 5.91 Å². The summed E-state index contributed by atoms with van der Waals surface area (Å²) < 4.78 is 18.6. The Bertz CT molecular complexity index is 1200. The first-order chi connectivity index (χ1) is 16.5. The maximum Gasteiger partial charge on any atom is 0.261 e. The average molecular weight is 461 g/mol. The van der Waals surface area contributed by atoms with Crippen LogP contribution >= 0.6 is 0 Å². The molecule has 0 radical (unpaired) electrons. The van der Waals surface area contributed by atoms with Crippen molar-refractivity contribution < 1.29 is 18.4 Å². The number of aryl methyl sites for hydroxylation is 1. The molecule has 1 atom stereocenters. The van der Waals surface area contributed by atoms with E-state index in [9.17, 15) is 14.0 Å². The predicted octanol–water partition coefficient (Wildman–Crippen LogP) is 4.11.